The van der Waals surface area contributed by atoms with Crippen molar-refractivity contribution in [3.05, 3.63) is 47.5 Å². The number of benzene rings is 2. The summed E-state index contributed by atoms with van der Waals surface area (Å²) in [6.07, 6.45) is 0.244. The summed E-state index contributed by atoms with van der Waals surface area (Å²) < 4.78 is 25.4. The van der Waals surface area contributed by atoms with E-state index in [-0.39, 0.29) is 28.9 Å². The number of sulfone groups is 1. The molecule has 0 bridgehead atoms. The van der Waals surface area contributed by atoms with E-state index in [2.05, 4.69) is 10.6 Å². The van der Waals surface area contributed by atoms with Crippen molar-refractivity contribution in [2.24, 2.45) is 0 Å². The highest BCUT2D eigenvalue weighted by molar-refractivity contribution is 7.99. The van der Waals surface area contributed by atoms with Crippen molar-refractivity contribution < 1.29 is 18.0 Å². The summed E-state index contributed by atoms with van der Waals surface area (Å²) in [5.41, 5.74) is 3.08. The molecular weight excluding hydrogens is 396 g/mol. The summed E-state index contributed by atoms with van der Waals surface area (Å²) in [4.78, 5) is 25.0. The second-order valence-electron chi connectivity index (χ2n) is 6.69. The predicted octanol–water partition coefficient (Wildman–Crippen LogP) is 3.54. The molecule has 0 saturated heterocycles. The van der Waals surface area contributed by atoms with Crippen molar-refractivity contribution in [1.29, 1.82) is 0 Å². The maximum absolute atomic E-state index is 12.7. The molecule has 0 aromatic heterocycles. The van der Waals surface area contributed by atoms with E-state index >= 15 is 0 Å². The van der Waals surface area contributed by atoms with Gasteiger partial charge in [0.2, 0.25) is 11.8 Å². The van der Waals surface area contributed by atoms with E-state index in [1.54, 1.807) is 6.07 Å². The van der Waals surface area contributed by atoms with Gasteiger partial charge in [0.25, 0.3) is 0 Å². The van der Waals surface area contributed by atoms with Gasteiger partial charge in [-0.2, -0.15) is 0 Å². The van der Waals surface area contributed by atoms with Crippen LogP contribution in [-0.2, 0) is 19.4 Å². The lowest BCUT2D eigenvalue weighted by Gasteiger charge is -2.12. The number of anilines is 2. The van der Waals surface area contributed by atoms with Gasteiger partial charge < -0.3 is 10.6 Å². The number of aryl methyl sites for hydroxylation is 2. The van der Waals surface area contributed by atoms with Crippen LogP contribution in [0.25, 0.3) is 0 Å². The molecule has 0 unspecified atom stereocenters. The summed E-state index contributed by atoms with van der Waals surface area (Å²) >= 11 is 1.51. The third-order valence-corrected chi connectivity index (χ3v) is 7.30. The number of amides is 2. The third-order valence-electron chi connectivity index (χ3n) is 4.51. The SMILES string of the molecule is Cc1cccc(C)c1NC(=O)CCS(=O)(=O)c1ccc2c(c1)NC(=O)CCS2. The molecule has 6 nitrogen and oxygen atoms in total. The summed E-state index contributed by atoms with van der Waals surface area (Å²) in [6.45, 7) is 3.78. The Hall–Kier alpha value is -2.32. The number of rotatable bonds is 5. The standard InChI is InChI=1S/C20H22N2O4S2/c1-13-4-3-5-14(2)20(13)22-19(24)9-11-28(25,26)15-6-7-17-16(12-15)21-18(23)8-10-27-17/h3-7,12H,8-11H2,1-2H3,(H,21,23)(H,22,24). The van der Waals surface area contributed by atoms with Gasteiger partial charge in [-0.25, -0.2) is 8.42 Å². The number of hydrogen-bond donors (Lipinski definition) is 2. The first-order valence-corrected chi connectivity index (χ1v) is 11.6. The van der Waals surface area contributed by atoms with Crippen LogP contribution in [0.3, 0.4) is 0 Å². The van der Waals surface area contributed by atoms with Crippen LogP contribution in [0.15, 0.2) is 46.2 Å². The normalized spacial score (nSPS) is 14.0. The van der Waals surface area contributed by atoms with Crippen LogP contribution in [0.4, 0.5) is 11.4 Å². The molecule has 2 aromatic carbocycles. The van der Waals surface area contributed by atoms with Crippen LogP contribution in [-0.4, -0.2) is 31.7 Å². The number of thioether (sulfide) groups is 1. The Morgan fingerprint density at radius 1 is 1.18 bits per heavy atom. The molecule has 3 rings (SSSR count). The number of fused-ring (bicyclic) bond motifs is 1. The van der Waals surface area contributed by atoms with Gasteiger partial charge in [-0.05, 0) is 43.2 Å². The average molecular weight is 419 g/mol. The van der Waals surface area contributed by atoms with Crippen LogP contribution in [0, 0.1) is 13.8 Å². The van der Waals surface area contributed by atoms with Gasteiger partial charge >= 0.3 is 0 Å². The Balaban J connectivity index is 1.70. The van der Waals surface area contributed by atoms with Gasteiger partial charge in [0.05, 0.1) is 16.3 Å². The number of para-hydroxylation sites is 1. The summed E-state index contributed by atoms with van der Waals surface area (Å²) in [5.74, 6) is -0.124. The fraction of sp³-hybridized carbons (Fsp3) is 0.300. The van der Waals surface area contributed by atoms with Crippen molar-refractivity contribution in [2.75, 3.05) is 22.1 Å². The topological polar surface area (TPSA) is 92.3 Å². The summed E-state index contributed by atoms with van der Waals surface area (Å²) in [5, 5.41) is 5.54. The zero-order chi connectivity index (χ0) is 20.3. The first-order chi connectivity index (χ1) is 13.3. The largest absolute Gasteiger partial charge is 0.326 e. The maximum Gasteiger partial charge on any atom is 0.225 e. The van der Waals surface area contributed by atoms with Gasteiger partial charge in [0.15, 0.2) is 9.84 Å². The first kappa shape index (κ1) is 20.4. The Bertz CT molecular complexity index is 1010. The van der Waals surface area contributed by atoms with E-state index in [0.717, 1.165) is 21.7 Å². The van der Waals surface area contributed by atoms with Gasteiger partial charge in [-0.3, -0.25) is 9.59 Å². The molecule has 1 aliphatic rings. The lowest BCUT2D eigenvalue weighted by molar-refractivity contribution is -0.116. The summed E-state index contributed by atoms with van der Waals surface area (Å²) in [6, 6.07) is 10.4. The Labute approximate surface area is 169 Å². The van der Waals surface area contributed by atoms with E-state index in [1.165, 1.54) is 23.9 Å². The van der Waals surface area contributed by atoms with E-state index < -0.39 is 9.84 Å². The minimum atomic E-state index is -3.65. The number of carbonyl (C=O) groups excluding carboxylic acids is 2. The maximum atomic E-state index is 12.7. The first-order valence-electron chi connectivity index (χ1n) is 8.92. The number of hydrogen-bond acceptors (Lipinski definition) is 5. The molecule has 1 aliphatic heterocycles. The molecule has 0 radical (unpaired) electrons. The second-order valence-corrected chi connectivity index (χ2v) is 9.93. The second kappa shape index (κ2) is 8.36. The minimum absolute atomic E-state index is 0.105. The Kier molecular flexibility index (Phi) is 6.10. The van der Waals surface area contributed by atoms with Crippen molar-refractivity contribution >= 4 is 44.8 Å². The van der Waals surface area contributed by atoms with Crippen LogP contribution < -0.4 is 10.6 Å². The molecule has 148 valence electrons. The fourth-order valence-corrected chi connectivity index (χ4v) is 5.15. The van der Waals surface area contributed by atoms with Crippen molar-refractivity contribution in [1.82, 2.24) is 0 Å². The fourth-order valence-electron chi connectivity index (χ4n) is 2.95. The molecule has 2 amide bonds. The van der Waals surface area contributed by atoms with E-state index in [1.807, 2.05) is 32.0 Å². The lowest BCUT2D eigenvalue weighted by atomic mass is 10.1. The molecule has 8 heteroatoms. The van der Waals surface area contributed by atoms with E-state index in [4.69, 9.17) is 0 Å². The quantitative estimate of drug-likeness (QED) is 0.775. The highest BCUT2D eigenvalue weighted by Crippen LogP contribution is 2.33. The smallest absolute Gasteiger partial charge is 0.225 e. The zero-order valence-electron chi connectivity index (χ0n) is 15.7. The predicted molar refractivity (Wildman–Crippen MR) is 112 cm³/mol. The lowest BCUT2D eigenvalue weighted by Crippen LogP contribution is -2.18. The molecule has 0 saturated carbocycles. The van der Waals surface area contributed by atoms with Gasteiger partial charge in [-0.15, -0.1) is 11.8 Å². The molecule has 0 aliphatic carbocycles. The minimum Gasteiger partial charge on any atom is -0.326 e. The number of nitrogens with one attached hydrogen (secondary N) is 2. The third kappa shape index (κ3) is 4.74. The zero-order valence-corrected chi connectivity index (χ0v) is 17.4. The van der Waals surface area contributed by atoms with Crippen LogP contribution in [0.2, 0.25) is 0 Å². The highest BCUT2D eigenvalue weighted by Gasteiger charge is 2.21. The molecule has 2 N–H and O–H groups in total. The Morgan fingerprint density at radius 3 is 2.61 bits per heavy atom. The monoisotopic (exact) mass is 418 g/mol. The van der Waals surface area contributed by atoms with Gasteiger partial charge in [-0.1, -0.05) is 18.2 Å². The van der Waals surface area contributed by atoms with Crippen molar-refractivity contribution in [3.63, 3.8) is 0 Å². The van der Waals surface area contributed by atoms with Crippen LogP contribution >= 0.6 is 11.8 Å². The molecule has 2 aromatic rings. The molecule has 0 atom stereocenters. The van der Waals surface area contributed by atoms with E-state index in [9.17, 15) is 18.0 Å². The van der Waals surface area contributed by atoms with E-state index in [0.29, 0.717) is 17.9 Å². The van der Waals surface area contributed by atoms with Gasteiger partial charge in [0, 0.05) is 29.2 Å². The van der Waals surface area contributed by atoms with Crippen LogP contribution in [0.1, 0.15) is 24.0 Å². The van der Waals surface area contributed by atoms with Crippen molar-refractivity contribution in [3.8, 4) is 0 Å². The average Bonchev–Trinajstić information content (AvgIpc) is 2.83. The Morgan fingerprint density at radius 2 is 1.89 bits per heavy atom. The number of carbonyl (C=O) groups is 2. The van der Waals surface area contributed by atoms with Crippen LogP contribution in [0.5, 0.6) is 0 Å². The van der Waals surface area contributed by atoms with Crippen molar-refractivity contribution in [2.45, 2.75) is 36.5 Å². The molecular formula is C20H22N2O4S2. The molecule has 28 heavy (non-hydrogen) atoms. The summed E-state index contributed by atoms with van der Waals surface area (Å²) in [7, 11) is -3.65. The van der Waals surface area contributed by atoms with Gasteiger partial charge in [0.1, 0.15) is 0 Å². The molecule has 1 heterocycles. The molecule has 0 spiro atoms. The molecule has 0 fully saturated rings. The highest BCUT2D eigenvalue weighted by atomic mass is 32.2.